The number of carbonyl (C=O) groups excluding carboxylic acids is 1. The number of thioether (sulfide) groups is 1. The summed E-state index contributed by atoms with van der Waals surface area (Å²) in [5.41, 5.74) is 3.32. The SMILES string of the molecule is COc1ccc(C2CC(c3ccccc3)=NN2C(=O)CSc2nc3ccccc3c(=O)n2C)cc1. The number of benzene rings is 3. The number of para-hydroxylation sites is 1. The first kappa shape index (κ1) is 22.9. The van der Waals surface area contributed by atoms with Crippen LogP contribution in [0.5, 0.6) is 5.75 Å². The molecule has 0 aliphatic carbocycles. The zero-order valence-electron chi connectivity index (χ0n) is 19.4. The first-order valence-corrected chi connectivity index (χ1v) is 12.2. The van der Waals surface area contributed by atoms with Crippen LogP contribution < -0.4 is 10.3 Å². The minimum absolute atomic E-state index is 0.108. The second kappa shape index (κ2) is 9.76. The Bertz CT molecular complexity index is 1470. The van der Waals surface area contributed by atoms with Crippen LogP contribution in [0.4, 0.5) is 0 Å². The molecule has 35 heavy (non-hydrogen) atoms. The van der Waals surface area contributed by atoms with E-state index >= 15 is 0 Å². The van der Waals surface area contributed by atoms with Gasteiger partial charge in [-0.25, -0.2) is 9.99 Å². The number of nitrogens with zero attached hydrogens (tertiary/aromatic N) is 4. The largest absolute Gasteiger partial charge is 0.497 e. The predicted octanol–water partition coefficient (Wildman–Crippen LogP) is 4.41. The Balaban J connectivity index is 1.42. The maximum Gasteiger partial charge on any atom is 0.261 e. The topological polar surface area (TPSA) is 76.8 Å². The van der Waals surface area contributed by atoms with Crippen molar-refractivity contribution in [2.45, 2.75) is 17.6 Å². The van der Waals surface area contributed by atoms with Crippen LogP contribution in [0.15, 0.2) is 93.9 Å². The number of carbonyl (C=O) groups is 1. The van der Waals surface area contributed by atoms with Gasteiger partial charge in [0.05, 0.1) is 35.5 Å². The maximum absolute atomic E-state index is 13.4. The Hall–Kier alpha value is -3.91. The van der Waals surface area contributed by atoms with E-state index in [9.17, 15) is 9.59 Å². The van der Waals surface area contributed by atoms with Gasteiger partial charge in [-0.15, -0.1) is 0 Å². The highest BCUT2D eigenvalue weighted by molar-refractivity contribution is 7.99. The fourth-order valence-electron chi connectivity index (χ4n) is 4.15. The quantitative estimate of drug-likeness (QED) is 0.299. The summed E-state index contributed by atoms with van der Waals surface area (Å²) in [6.45, 7) is 0. The summed E-state index contributed by atoms with van der Waals surface area (Å²) in [5, 5.41) is 7.35. The van der Waals surface area contributed by atoms with Crippen LogP contribution in [0.2, 0.25) is 0 Å². The van der Waals surface area contributed by atoms with Crippen LogP contribution in [-0.4, -0.2) is 39.0 Å². The molecule has 8 heteroatoms. The fourth-order valence-corrected chi connectivity index (χ4v) is 4.97. The van der Waals surface area contributed by atoms with E-state index in [1.165, 1.54) is 16.3 Å². The molecule has 176 valence electrons. The lowest BCUT2D eigenvalue weighted by Gasteiger charge is -2.22. The fraction of sp³-hybridized carbons (Fsp3) is 0.185. The molecule has 5 rings (SSSR count). The number of rotatable bonds is 6. The van der Waals surface area contributed by atoms with Crippen molar-refractivity contribution in [3.8, 4) is 5.75 Å². The number of aromatic nitrogens is 2. The highest BCUT2D eigenvalue weighted by Crippen LogP contribution is 2.34. The predicted molar refractivity (Wildman–Crippen MR) is 138 cm³/mol. The van der Waals surface area contributed by atoms with Gasteiger partial charge in [0.25, 0.3) is 11.5 Å². The molecule has 2 heterocycles. The van der Waals surface area contributed by atoms with Crippen LogP contribution in [0, 0.1) is 0 Å². The molecule has 1 atom stereocenters. The summed E-state index contributed by atoms with van der Waals surface area (Å²) in [5.74, 6) is 0.716. The van der Waals surface area contributed by atoms with Crippen molar-refractivity contribution in [1.29, 1.82) is 0 Å². The molecule has 0 bridgehead atoms. The summed E-state index contributed by atoms with van der Waals surface area (Å²) < 4.78 is 6.78. The van der Waals surface area contributed by atoms with Gasteiger partial charge in [0.15, 0.2) is 5.16 Å². The lowest BCUT2D eigenvalue weighted by Crippen LogP contribution is -2.29. The van der Waals surface area contributed by atoms with Gasteiger partial charge in [0.2, 0.25) is 0 Å². The van der Waals surface area contributed by atoms with Gasteiger partial charge in [-0.1, -0.05) is 66.4 Å². The molecule has 0 saturated carbocycles. The molecule has 4 aromatic rings. The van der Waals surface area contributed by atoms with Crippen molar-refractivity contribution in [2.24, 2.45) is 12.1 Å². The number of ether oxygens (including phenoxy) is 1. The summed E-state index contributed by atoms with van der Waals surface area (Å²) in [7, 11) is 3.30. The Morgan fingerprint density at radius 1 is 1.03 bits per heavy atom. The normalized spacial score (nSPS) is 15.3. The first-order chi connectivity index (χ1) is 17.0. The van der Waals surface area contributed by atoms with E-state index in [-0.39, 0.29) is 23.3 Å². The van der Waals surface area contributed by atoms with E-state index in [0.717, 1.165) is 22.6 Å². The molecule has 7 nitrogen and oxygen atoms in total. The summed E-state index contributed by atoms with van der Waals surface area (Å²) >= 11 is 1.24. The van der Waals surface area contributed by atoms with Gasteiger partial charge in [0.1, 0.15) is 5.75 Å². The number of methoxy groups -OCH3 is 1. The van der Waals surface area contributed by atoms with Gasteiger partial charge in [-0.05, 0) is 35.4 Å². The number of hydrogen-bond acceptors (Lipinski definition) is 6. The van der Waals surface area contributed by atoms with Crippen molar-refractivity contribution < 1.29 is 9.53 Å². The zero-order chi connectivity index (χ0) is 24.4. The molecule has 1 aliphatic rings. The monoisotopic (exact) mass is 484 g/mol. The molecule has 3 aromatic carbocycles. The average Bonchev–Trinajstić information content (AvgIpc) is 3.36. The van der Waals surface area contributed by atoms with Gasteiger partial charge in [-0.2, -0.15) is 5.10 Å². The van der Waals surface area contributed by atoms with Crippen molar-refractivity contribution in [1.82, 2.24) is 14.6 Å². The second-order valence-electron chi connectivity index (χ2n) is 8.21. The van der Waals surface area contributed by atoms with Gasteiger partial charge in [-0.3, -0.25) is 14.2 Å². The van der Waals surface area contributed by atoms with Crippen LogP contribution in [0.3, 0.4) is 0 Å². The van der Waals surface area contributed by atoms with Crippen LogP contribution in [0.25, 0.3) is 10.9 Å². The van der Waals surface area contributed by atoms with E-state index in [1.54, 1.807) is 31.3 Å². The Kier molecular flexibility index (Phi) is 6.37. The van der Waals surface area contributed by atoms with Crippen molar-refractivity contribution in [3.63, 3.8) is 0 Å². The van der Waals surface area contributed by atoms with E-state index in [4.69, 9.17) is 9.84 Å². The lowest BCUT2D eigenvalue weighted by atomic mass is 9.98. The zero-order valence-corrected chi connectivity index (χ0v) is 20.2. The smallest absolute Gasteiger partial charge is 0.261 e. The molecule has 0 spiro atoms. The maximum atomic E-state index is 13.4. The average molecular weight is 485 g/mol. The molecule has 0 fully saturated rings. The number of amides is 1. The third-order valence-electron chi connectivity index (χ3n) is 6.04. The van der Waals surface area contributed by atoms with Gasteiger partial charge in [0, 0.05) is 13.5 Å². The van der Waals surface area contributed by atoms with Crippen LogP contribution in [-0.2, 0) is 11.8 Å². The summed E-state index contributed by atoms with van der Waals surface area (Å²) in [6, 6.07) is 24.6. The standard InChI is InChI=1S/C27H24N4O3S/c1-30-26(33)21-10-6-7-11-22(21)28-27(30)35-17-25(32)31-24(19-12-14-20(34-2)15-13-19)16-23(29-31)18-8-4-3-5-9-18/h3-15,24H,16-17H2,1-2H3. The first-order valence-electron chi connectivity index (χ1n) is 11.2. The number of hydrogen-bond donors (Lipinski definition) is 0. The highest BCUT2D eigenvalue weighted by atomic mass is 32.2. The van der Waals surface area contributed by atoms with E-state index in [1.807, 2.05) is 66.7 Å². The van der Waals surface area contributed by atoms with Gasteiger partial charge < -0.3 is 4.74 Å². The third-order valence-corrected chi connectivity index (χ3v) is 7.05. The third kappa shape index (κ3) is 4.57. The molecule has 0 saturated heterocycles. The summed E-state index contributed by atoms with van der Waals surface area (Å²) in [6.07, 6.45) is 0.611. The number of fused-ring (bicyclic) bond motifs is 1. The van der Waals surface area contributed by atoms with Crippen molar-refractivity contribution in [3.05, 3.63) is 100 Å². The number of hydrazone groups is 1. The minimum atomic E-state index is -0.224. The Morgan fingerprint density at radius 3 is 2.49 bits per heavy atom. The van der Waals surface area contributed by atoms with E-state index < -0.39 is 0 Å². The minimum Gasteiger partial charge on any atom is -0.497 e. The second-order valence-corrected chi connectivity index (χ2v) is 9.15. The Morgan fingerprint density at radius 2 is 1.74 bits per heavy atom. The van der Waals surface area contributed by atoms with Gasteiger partial charge >= 0.3 is 0 Å². The van der Waals surface area contributed by atoms with E-state index in [2.05, 4.69) is 4.98 Å². The Labute approximate surface area is 207 Å². The molecule has 1 aromatic heterocycles. The highest BCUT2D eigenvalue weighted by Gasteiger charge is 2.33. The molecule has 1 aliphatic heterocycles. The van der Waals surface area contributed by atoms with Crippen LogP contribution in [0.1, 0.15) is 23.6 Å². The molecular weight excluding hydrogens is 460 g/mol. The molecule has 0 radical (unpaired) electrons. The molecule has 0 N–H and O–H groups in total. The van der Waals surface area contributed by atoms with Crippen molar-refractivity contribution in [2.75, 3.05) is 12.9 Å². The molecule has 1 unspecified atom stereocenters. The van der Waals surface area contributed by atoms with Crippen LogP contribution >= 0.6 is 11.8 Å². The molecular formula is C27H24N4O3S. The van der Waals surface area contributed by atoms with Crippen molar-refractivity contribution >= 4 is 34.3 Å². The molecule has 1 amide bonds. The lowest BCUT2D eigenvalue weighted by molar-refractivity contribution is -0.130. The summed E-state index contributed by atoms with van der Waals surface area (Å²) in [4.78, 5) is 30.7. The van der Waals surface area contributed by atoms with E-state index in [0.29, 0.717) is 22.5 Å².